The Bertz CT molecular complexity index is 378. The van der Waals surface area contributed by atoms with Crippen molar-refractivity contribution in [2.45, 2.75) is 19.4 Å². The first-order valence-electron chi connectivity index (χ1n) is 4.39. The molecule has 1 aromatic carbocycles. The summed E-state index contributed by atoms with van der Waals surface area (Å²) < 4.78 is 25.9. The van der Waals surface area contributed by atoms with Crippen molar-refractivity contribution < 1.29 is 8.78 Å². The van der Waals surface area contributed by atoms with Crippen molar-refractivity contribution in [3.05, 3.63) is 28.8 Å². The zero-order valence-corrected chi connectivity index (χ0v) is 8.78. The Balaban J connectivity index is 3.00. The number of hydrogen-bond donors (Lipinski definition) is 1. The maximum atomic E-state index is 13.2. The van der Waals surface area contributed by atoms with Crippen molar-refractivity contribution >= 4 is 17.3 Å². The van der Waals surface area contributed by atoms with Gasteiger partial charge < -0.3 is 5.32 Å². The minimum atomic E-state index is -0.797. The first-order chi connectivity index (χ1) is 7.08. The second kappa shape index (κ2) is 4.94. The molecule has 0 radical (unpaired) electrons. The summed E-state index contributed by atoms with van der Waals surface area (Å²) in [6.07, 6.45) is 0.504. The second-order valence-electron chi connectivity index (χ2n) is 2.98. The average molecular weight is 231 g/mol. The Morgan fingerprint density at radius 3 is 2.67 bits per heavy atom. The number of rotatable bonds is 3. The second-order valence-corrected chi connectivity index (χ2v) is 3.39. The molecule has 2 nitrogen and oxygen atoms in total. The molecule has 1 atom stereocenters. The van der Waals surface area contributed by atoms with Crippen molar-refractivity contribution in [1.29, 1.82) is 5.26 Å². The molecule has 0 aromatic heterocycles. The molecule has 0 saturated carbocycles. The summed E-state index contributed by atoms with van der Waals surface area (Å²) in [5.74, 6) is -1.54. The van der Waals surface area contributed by atoms with Gasteiger partial charge in [-0.05, 0) is 12.5 Å². The first kappa shape index (κ1) is 11.7. The maximum Gasteiger partial charge on any atom is 0.150 e. The summed E-state index contributed by atoms with van der Waals surface area (Å²) in [5.41, 5.74) is -0.0357. The van der Waals surface area contributed by atoms with Crippen LogP contribution in [0.5, 0.6) is 0 Å². The Hall–Kier alpha value is -1.34. The molecule has 0 spiro atoms. The summed E-state index contributed by atoms with van der Waals surface area (Å²) in [6.45, 7) is 1.77. The molecular formula is C10H9ClF2N2. The highest BCUT2D eigenvalue weighted by atomic mass is 35.5. The Labute approximate surface area is 91.5 Å². The van der Waals surface area contributed by atoms with Gasteiger partial charge in [-0.2, -0.15) is 5.26 Å². The normalized spacial score (nSPS) is 11.9. The molecular weight excluding hydrogens is 222 g/mol. The van der Waals surface area contributed by atoms with E-state index in [0.29, 0.717) is 6.42 Å². The molecule has 0 aliphatic carbocycles. The van der Waals surface area contributed by atoms with Crippen LogP contribution in [0.1, 0.15) is 13.3 Å². The van der Waals surface area contributed by atoms with Gasteiger partial charge in [-0.1, -0.05) is 18.5 Å². The van der Waals surface area contributed by atoms with Crippen molar-refractivity contribution in [2.24, 2.45) is 0 Å². The Morgan fingerprint density at radius 2 is 2.20 bits per heavy atom. The maximum absolute atomic E-state index is 13.2. The lowest BCUT2D eigenvalue weighted by atomic mass is 10.2. The third kappa shape index (κ3) is 2.80. The SMILES string of the molecule is CCC(C#N)Nc1c(F)cc(F)cc1Cl. The van der Waals surface area contributed by atoms with Gasteiger partial charge in [0.25, 0.3) is 0 Å². The van der Waals surface area contributed by atoms with Crippen LogP contribution in [0.25, 0.3) is 0 Å². The van der Waals surface area contributed by atoms with E-state index in [4.69, 9.17) is 16.9 Å². The van der Waals surface area contributed by atoms with E-state index in [-0.39, 0.29) is 10.7 Å². The number of halogens is 3. The van der Waals surface area contributed by atoms with Crippen LogP contribution < -0.4 is 5.32 Å². The van der Waals surface area contributed by atoms with Gasteiger partial charge in [0.2, 0.25) is 0 Å². The number of nitriles is 1. The van der Waals surface area contributed by atoms with Crippen LogP contribution in [0.4, 0.5) is 14.5 Å². The zero-order chi connectivity index (χ0) is 11.4. The van der Waals surface area contributed by atoms with Crippen LogP contribution in [0.3, 0.4) is 0 Å². The van der Waals surface area contributed by atoms with Gasteiger partial charge in [0.15, 0.2) is 5.82 Å². The van der Waals surface area contributed by atoms with Gasteiger partial charge in [-0.25, -0.2) is 8.78 Å². The van der Waals surface area contributed by atoms with Crippen LogP contribution in [0, 0.1) is 23.0 Å². The van der Waals surface area contributed by atoms with E-state index in [1.165, 1.54) is 0 Å². The van der Waals surface area contributed by atoms with E-state index in [9.17, 15) is 8.78 Å². The van der Waals surface area contributed by atoms with Gasteiger partial charge in [-0.15, -0.1) is 0 Å². The summed E-state index contributed by atoms with van der Waals surface area (Å²) in [7, 11) is 0. The molecule has 15 heavy (non-hydrogen) atoms. The lowest BCUT2D eigenvalue weighted by molar-refractivity contribution is 0.584. The zero-order valence-electron chi connectivity index (χ0n) is 8.02. The van der Waals surface area contributed by atoms with Crippen LogP contribution in [0.15, 0.2) is 12.1 Å². The van der Waals surface area contributed by atoms with Crippen LogP contribution >= 0.6 is 11.6 Å². The minimum absolute atomic E-state index is 0.0357. The quantitative estimate of drug-likeness (QED) is 0.865. The van der Waals surface area contributed by atoms with Gasteiger partial charge in [-0.3, -0.25) is 0 Å². The molecule has 80 valence electrons. The van der Waals surface area contributed by atoms with E-state index in [0.717, 1.165) is 12.1 Å². The minimum Gasteiger partial charge on any atom is -0.366 e. The molecule has 0 amide bonds. The molecule has 0 fully saturated rings. The van der Waals surface area contributed by atoms with Crippen LogP contribution in [-0.4, -0.2) is 6.04 Å². The molecule has 1 rings (SSSR count). The third-order valence-electron chi connectivity index (χ3n) is 1.89. The van der Waals surface area contributed by atoms with Gasteiger partial charge in [0.05, 0.1) is 16.8 Å². The van der Waals surface area contributed by atoms with E-state index < -0.39 is 17.7 Å². The number of benzene rings is 1. The Morgan fingerprint density at radius 1 is 1.53 bits per heavy atom. The van der Waals surface area contributed by atoms with Crippen LogP contribution in [0.2, 0.25) is 5.02 Å². The molecule has 0 heterocycles. The summed E-state index contributed by atoms with van der Waals surface area (Å²) in [5, 5.41) is 11.2. The van der Waals surface area contributed by atoms with Crippen molar-refractivity contribution in [1.82, 2.24) is 0 Å². The van der Waals surface area contributed by atoms with Crippen molar-refractivity contribution in [3.8, 4) is 6.07 Å². The monoisotopic (exact) mass is 230 g/mol. The highest BCUT2D eigenvalue weighted by molar-refractivity contribution is 6.33. The predicted molar refractivity (Wildman–Crippen MR) is 54.7 cm³/mol. The molecule has 1 unspecified atom stereocenters. The average Bonchev–Trinajstić information content (AvgIpc) is 2.17. The molecule has 1 aromatic rings. The molecule has 5 heteroatoms. The van der Waals surface area contributed by atoms with Gasteiger partial charge >= 0.3 is 0 Å². The standard InChI is InChI=1S/C10H9ClF2N2/c1-2-7(5-14)15-10-8(11)3-6(12)4-9(10)13/h3-4,7,15H,2H2,1H3. The lowest BCUT2D eigenvalue weighted by Crippen LogP contribution is -2.17. The highest BCUT2D eigenvalue weighted by Gasteiger charge is 2.13. The summed E-state index contributed by atoms with van der Waals surface area (Å²) in [6, 6.07) is 3.12. The van der Waals surface area contributed by atoms with E-state index in [2.05, 4.69) is 5.32 Å². The summed E-state index contributed by atoms with van der Waals surface area (Å²) in [4.78, 5) is 0. The van der Waals surface area contributed by atoms with E-state index in [1.54, 1.807) is 6.92 Å². The number of hydrogen-bond acceptors (Lipinski definition) is 2. The fourth-order valence-electron chi connectivity index (χ4n) is 1.08. The lowest BCUT2D eigenvalue weighted by Gasteiger charge is -2.12. The summed E-state index contributed by atoms with van der Waals surface area (Å²) >= 11 is 5.64. The topological polar surface area (TPSA) is 35.8 Å². The fraction of sp³-hybridized carbons (Fsp3) is 0.300. The predicted octanol–water partition coefficient (Wildman–Crippen LogP) is 3.33. The molecule has 0 aliphatic heterocycles. The number of anilines is 1. The largest absolute Gasteiger partial charge is 0.366 e. The van der Waals surface area contributed by atoms with Gasteiger partial charge in [0, 0.05) is 6.07 Å². The molecule has 0 saturated heterocycles. The van der Waals surface area contributed by atoms with E-state index in [1.807, 2.05) is 6.07 Å². The fourth-order valence-corrected chi connectivity index (χ4v) is 1.33. The molecule has 0 bridgehead atoms. The van der Waals surface area contributed by atoms with E-state index >= 15 is 0 Å². The first-order valence-corrected chi connectivity index (χ1v) is 4.77. The van der Waals surface area contributed by atoms with Crippen molar-refractivity contribution in [2.75, 3.05) is 5.32 Å². The van der Waals surface area contributed by atoms with Crippen molar-refractivity contribution in [3.63, 3.8) is 0 Å². The van der Waals surface area contributed by atoms with Gasteiger partial charge in [0.1, 0.15) is 11.9 Å². The highest BCUT2D eigenvalue weighted by Crippen LogP contribution is 2.27. The molecule has 1 N–H and O–H groups in total. The molecule has 0 aliphatic rings. The van der Waals surface area contributed by atoms with Crippen LogP contribution in [-0.2, 0) is 0 Å². The number of nitrogens with zero attached hydrogens (tertiary/aromatic N) is 1. The third-order valence-corrected chi connectivity index (χ3v) is 2.19. The Kier molecular flexibility index (Phi) is 3.87. The number of nitrogens with one attached hydrogen (secondary N) is 1. The smallest absolute Gasteiger partial charge is 0.150 e.